The summed E-state index contributed by atoms with van der Waals surface area (Å²) >= 11 is 5.67. The molecule has 3 nitrogen and oxygen atoms in total. The van der Waals surface area contributed by atoms with Crippen LogP contribution in [0.15, 0.2) is 16.5 Å². The molecule has 0 aliphatic heterocycles. The van der Waals surface area contributed by atoms with Crippen molar-refractivity contribution in [3.8, 4) is 0 Å². The highest BCUT2D eigenvalue weighted by Gasteiger charge is 2.14. The lowest BCUT2D eigenvalue weighted by Gasteiger charge is -2.10. The van der Waals surface area contributed by atoms with Crippen LogP contribution in [0.3, 0.4) is 0 Å². The first-order chi connectivity index (χ1) is 7.84. The van der Waals surface area contributed by atoms with Crippen LogP contribution in [-0.2, 0) is 11.3 Å². The van der Waals surface area contributed by atoms with Crippen LogP contribution in [-0.4, -0.2) is 19.3 Å². The van der Waals surface area contributed by atoms with Gasteiger partial charge in [-0.2, -0.15) is 0 Å². The van der Waals surface area contributed by atoms with Crippen molar-refractivity contribution < 1.29 is 9.15 Å². The van der Waals surface area contributed by atoms with Gasteiger partial charge in [0.05, 0.1) is 19.3 Å². The number of nitrogens with one attached hydrogen (secondary N) is 1. The molecule has 0 saturated heterocycles. The summed E-state index contributed by atoms with van der Waals surface area (Å²) in [4.78, 5) is 0. The Bertz CT molecular complexity index is 308. The molecule has 0 radical (unpaired) electrons. The second-order valence-electron chi connectivity index (χ2n) is 4.16. The Labute approximate surface area is 101 Å². The molecular weight excluding hydrogens is 226 g/mol. The maximum atomic E-state index is 5.73. The normalized spacial score (nSPS) is 17.1. The first-order valence-electron chi connectivity index (χ1n) is 5.91. The van der Waals surface area contributed by atoms with E-state index in [4.69, 9.17) is 20.8 Å². The average molecular weight is 244 g/mol. The Morgan fingerprint density at radius 2 is 2.19 bits per heavy atom. The number of hydrogen-bond acceptors (Lipinski definition) is 3. The minimum atomic E-state index is 0.444. The summed E-state index contributed by atoms with van der Waals surface area (Å²) in [5, 5.41) is 3.71. The summed E-state index contributed by atoms with van der Waals surface area (Å²) in [5.41, 5.74) is 0. The molecule has 1 heterocycles. The number of ether oxygens (including phenoxy) is 1. The van der Waals surface area contributed by atoms with E-state index in [2.05, 4.69) is 5.32 Å². The summed E-state index contributed by atoms with van der Waals surface area (Å²) in [5.74, 6) is 0.867. The highest BCUT2D eigenvalue weighted by molar-refractivity contribution is 6.28. The maximum Gasteiger partial charge on any atom is 0.193 e. The Hall–Kier alpha value is -0.510. The molecule has 1 aromatic rings. The maximum absolute atomic E-state index is 5.73. The molecule has 1 aliphatic carbocycles. The van der Waals surface area contributed by atoms with Gasteiger partial charge >= 0.3 is 0 Å². The summed E-state index contributed by atoms with van der Waals surface area (Å²) in [6.45, 7) is 2.34. The van der Waals surface area contributed by atoms with Gasteiger partial charge in [0.2, 0.25) is 0 Å². The number of furan rings is 1. The third-order valence-electron chi connectivity index (χ3n) is 2.86. The van der Waals surface area contributed by atoms with Gasteiger partial charge in [-0.15, -0.1) is 0 Å². The van der Waals surface area contributed by atoms with Gasteiger partial charge in [-0.1, -0.05) is 12.8 Å². The van der Waals surface area contributed by atoms with Gasteiger partial charge in [0, 0.05) is 6.54 Å². The molecule has 1 saturated carbocycles. The second-order valence-corrected chi connectivity index (χ2v) is 4.53. The molecule has 0 spiro atoms. The van der Waals surface area contributed by atoms with Crippen molar-refractivity contribution in [2.24, 2.45) is 0 Å². The molecule has 4 heteroatoms. The van der Waals surface area contributed by atoms with E-state index in [9.17, 15) is 0 Å². The monoisotopic (exact) mass is 243 g/mol. The molecule has 90 valence electrons. The van der Waals surface area contributed by atoms with Crippen molar-refractivity contribution in [2.45, 2.75) is 38.3 Å². The molecule has 0 amide bonds. The van der Waals surface area contributed by atoms with Crippen LogP contribution in [0.4, 0.5) is 0 Å². The molecular formula is C12H18ClNO2. The zero-order valence-corrected chi connectivity index (χ0v) is 10.1. The van der Waals surface area contributed by atoms with Crippen LogP contribution < -0.4 is 5.32 Å². The minimum absolute atomic E-state index is 0.444. The van der Waals surface area contributed by atoms with Gasteiger partial charge in [-0.05, 0) is 36.6 Å². The number of halogens is 1. The quantitative estimate of drug-likeness (QED) is 0.780. The molecule has 1 N–H and O–H groups in total. The van der Waals surface area contributed by atoms with Crippen molar-refractivity contribution in [1.82, 2.24) is 5.32 Å². The minimum Gasteiger partial charge on any atom is -0.448 e. The summed E-state index contributed by atoms with van der Waals surface area (Å²) in [7, 11) is 0. The smallest absolute Gasteiger partial charge is 0.193 e. The third kappa shape index (κ3) is 3.81. The predicted octanol–water partition coefficient (Wildman–Crippen LogP) is 2.98. The SMILES string of the molecule is Clc1ccc(CNCCOC2CCCC2)o1. The fraction of sp³-hybridized carbons (Fsp3) is 0.667. The summed E-state index contributed by atoms with van der Waals surface area (Å²) in [6.07, 6.45) is 5.60. The van der Waals surface area contributed by atoms with Crippen LogP contribution in [0.5, 0.6) is 0 Å². The Morgan fingerprint density at radius 1 is 1.38 bits per heavy atom. The van der Waals surface area contributed by atoms with Crippen LogP contribution in [0.25, 0.3) is 0 Å². The second kappa shape index (κ2) is 6.28. The van der Waals surface area contributed by atoms with E-state index in [1.165, 1.54) is 25.7 Å². The topological polar surface area (TPSA) is 34.4 Å². The van der Waals surface area contributed by atoms with Crippen LogP contribution in [0.1, 0.15) is 31.4 Å². The van der Waals surface area contributed by atoms with Gasteiger partial charge in [-0.3, -0.25) is 0 Å². The van der Waals surface area contributed by atoms with E-state index in [1.807, 2.05) is 6.07 Å². The van der Waals surface area contributed by atoms with E-state index in [0.29, 0.717) is 17.9 Å². The largest absolute Gasteiger partial charge is 0.448 e. The Balaban J connectivity index is 1.51. The predicted molar refractivity (Wildman–Crippen MR) is 63.6 cm³/mol. The first-order valence-corrected chi connectivity index (χ1v) is 6.29. The fourth-order valence-electron chi connectivity index (χ4n) is 2.01. The zero-order valence-electron chi connectivity index (χ0n) is 9.38. The fourth-order valence-corrected chi connectivity index (χ4v) is 2.17. The van der Waals surface area contributed by atoms with Gasteiger partial charge < -0.3 is 14.5 Å². The molecule has 2 rings (SSSR count). The zero-order chi connectivity index (χ0) is 11.2. The highest BCUT2D eigenvalue weighted by Crippen LogP contribution is 2.20. The van der Waals surface area contributed by atoms with E-state index in [0.717, 1.165) is 18.9 Å². The Morgan fingerprint density at radius 3 is 2.88 bits per heavy atom. The molecule has 1 aliphatic rings. The molecule has 1 aromatic heterocycles. The summed E-state index contributed by atoms with van der Waals surface area (Å²) < 4.78 is 11.0. The van der Waals surface area contributed by atoms with Crippen molar-refractivity contribution >= 4 is 11.6 Å². The molecule has 0 aromatic carbocycles. The highest BCUT2D eigenvalue weighted by atomic mass is 35.5. The molecule has 0 bridgehead atoms. The molecule has 0 unspecified atom stereocenters. The standard InChI is InChI=1S/C12H18ClNO2/c13-12-6-5-11(16-12)9-14-7-8-15-10-3-1-2-4-10/h5-6,10,14H,1-4,7-9H2. The Kier molecular flexibility index (Phi) is 4.69. The number of hydrogen-bond donors (Lipinski definition) is 1. The lowest BCUT2D eigenvalue weighted by Crippen LogP contribution is -2.21. The lowest BCUT2D eigenvalue weighted by atomic mass is 10.3. The van der Waals surface area contributed by atoms with Crippen molar-refractivity contribution in [2.75, 3.05) is 13.2 Å². The van der Waals surface area contributed by atoms with Crippen LogP contribution in [0.2, 0.25) is 5.22 Å². The lowest BCUT2D eigenvalue weighted by molar-refractivity contribution is 0.0601. The van der Waals surface area contributed by atoms with Gasteiger partial charge in [0.15, 0.2) is 5.22 Å². The third-order valence-corrected chi connectivity index (χ3v) is 3.07. The van der Waals surface area contributed by atoms with Gasteiger partial charge in [-0.25, -0.2) is 0 Å². The number of rotatable bonds is 6. The molecule has 0 atom stereocenters. The van der Waals surface area contributed by atoms with E-state index in [1.54, 1.807) is 6.07 Å². The van der Waals surface area contributed by atoms with Crippen molar-refractivity contribution in [1.29, 1.82) is 0 Å². The van der Waals surface area contributed by atoms with E-state index < -0.39 is 0 Å². The van der Waals surface area contributed by atoms with E-state index in [-0.39, 0.29) is 0 Å². The summed E-state index contributed by atoms with van der Waals surface area (Å²) in [6, 6.07) is 3.64. The molecule has 1 fully saturated rings. The van der Waals surface area contributed by atoms with Gasteiger partial charge in [0.25, 0.3) is 0 Å². The van der Waals surface area contributed by atoms with E-state index >= 15 is 0 Å². The van der Waals surface area contributed by atoms with Crippen molar-refractivity contribution in [3.05, 3.63) is 23.1 Å². The van der Waals surface area contributed by atoms with Crippen molar-refractivity contribution in [3.63, 3.8) is 0 Å². The van der Waals surface area contributed by atoms with Crippen LogP contribution >= 0.6 is 11.6 Å². The molecule has 16 heavy (non-hydrogen) atoms. The first kappa shape index (κ1) is 12.0. The average Bonchev–Trinajstić information content (AvgIpc) is 2.89. The van der Waals surface area contributed by atoms with Crippen LogP contribution in [0, 0.1) is 0 Å². The van der Waals surface area contributed by atoms with Gasteiger partial charge in [0.1, 0.15) is 5.76 Å².